The minimum atomic E-state index is -0.451. The Bertz CT molecular complexity index is 925. The number of nitrogens with zero attached hydrogens (tertiary/aromatic N) is 2. The number of hydrogen-bond acceptors (Lipinski definition) is 6. The number of amides is 1. The zero-order chi connectivity index (χ0) is 19.1. The quantitative estimate of drug-likeness (QED) is 0.627. The van der Waals surface area contributed by atoms with Gasteiger partial charge in [0.05, 0.1) is 29.2 Å². The normalized spacial score (nSPS) is 10.4. The summed E-state index contributed by atoms with van der Waals surface area (Å²) in [6, 6.07) is 12.5. The van der Waals surface area contributed by atoms with E-state index in [1.807, 2.05) is 23.6 Å². The van der Waals surface area contributed by atoms with Crippen molar-refractivity contribution in [2.75, 3.05) is 11.9 Å². The van der Waals surface area contributed by atoms with Crippen LogP contribution in [0.3, 0.4) is 0 Å². The summed E-state index contributed by atoms with van der Waals surface area (Å²) in [6.07, 6.45) is 2.50. The van der Waals surface area contributed by atoms with Gasteiger partial charge >= 0.3 is 5.97 Å². The van der Waals surface area contributed by atoms with E-state index in [2.05, 4.69) is 15.3 Å². The molecule has 6 nitrogen and oxygen atoms in total. The number of nitrogens with one attached hydrogen (secondary N) is 1. The number of hydrogen-bond donors (Lipinski definition) is 1. The number of aryl methyl sites for hydroxylation is 1. The standard InChI is InChI=1S/C20H19N3O3S/c1-2-26-20(25)15-7-3-4-8-16(15)23-18(24)11-10-14-13-27-19(22-14)17-9-5-6-12-21-17/h3-9,12-13H,2,10-11H2,1H3,(H,23,24). The Morgan fingerprint density at radius 3 is 2.74 bits per heavy atom. The van der Waals surface area contributed by atoms with E-state index in [4.69, 9.17) is 4.74 Å². The van der Waals surface area contributed by atoms with Crippen molar-refractivity contribution in [2.24, 2.45) is 0 Å². The van der Waals surface area contributed by atoms with Gasteiger partial charge in [-0.2, -0.15) is 0 Å². The number of benzene rings is 1. The molecule has 0 unspecified atom stereocenters. The molecule has 0 fully saturated rings. The van der Waals surface area contributed by atoms with E-state index < -0.39 is 5.97 Å². The first-order valence-corrected chi connectivity index (χ1v) is 9.47. The minimum absolute atomic E-state index is 0.181. The highest BCUT2D eigenvalue weighted by Gasteiger charge is 2.14. The van der Waals surface area contributed by atoms with Gasteiger partial charge < -0.3 is 10.1 Å². The lowest BCUT2D eigenvalue weighted by Gasteiger charge is -2.10. The fraction of sp³-hybridized carbons (Fsp3) is 0.200. The van der Waals surface area contributed by atoms with Gasteiger partial charge in [0.25, 0.3) is 0 Å². The Hall–Kier alpha value is -3.06. The number of para-hydroxylation sites is 1. The molecule has 0 aliphatic heterocycles. The average Bonchev–Trinajstić information content (AvgIpc) is 3.17. The highest BCUT2D eigenvalue weighted by atomic mass is 32.1. The molecule has 0 bridgehead atoms. The summed E-state index contributed by atoms with van der Waals surface area (Å²) in [7, 11) is 0. The molecule has 0 aliphatic carbocycles. The van der Waals surface area contributed by atoms with Crippen LogP contribution in [0.15, 0.2) is 54.0 Å². The van der Waals surface area contributed by atoms with E-state index in [1.165, 1.54) is 11.3 Å². The summed E-state index contributed by atoms with van der Waals surface area (Å²) in [5.41, 5.74) is 2.46. The van der Waals surface area contributed by atoms with Gasteiger partial charge in [0.15, 0.2) is 0 Å². The van der Waals surface area contributed by atoms with Gasteiger partial charge in [0, 0.05) is 18.0 Å². The van der Waals surface area contributed by atoms with E-state index in [9.17, 15) is 9.59 Å². The smallest absolute Gasteiger partial charge is 0.340 e. The molecule has 27 heavy (non-hydrogen) atoms. The van der Waals surface area contributed by atoms with Crippen molar-refractivity contribution < 1.29 is 14.3 Å². The van der Waals surface area contributed by atoms with Gasteiger partial charge in [-0.1, -0.05) is 18.2 Å². The predicted octanol–water partition coefficient (Wildman–Crippen LogP) is 3.95. The number of anilines is 1. The molecule has 1 N–H and O–H groups in total. The first-order chi connectivity index (χ1) is 13.2. The van der Waals surface area contributed by atoms with Gasteiger partial charge in [-0.15, -0.1) is 11.3 Å². The Labute approximate surface area is 161 Å². The van der Waals surface area contributed by atoms with Crippen LogP contribution in [0.1, 0.15) is 29.4 Å². The third-order valence-corrected chi connectivity index (χ3v) is 4.65. The van der Waals surface area contributed by atoms with E-state index in [0.29, 0.717) is 17.7 Å². The number of ether oxygens (including phenoxy) is 1. The molecule has 138 valence electrons. The van der Waals surface area contributed by atoms with Gasteiger partial charge in [-0.25, -0.2) is 9.78 Å². The number of carbonyl (C=O) groups is 2. The van der Waals surface area contributed by atoms with E-state index >= 15 is 0 Å². The van der Waals surface area contributed by atoms with Crippen molar-refractivity contribution in [3.8, 4) is 10.7 Å². The van der Waals surface area contributed by atoms with Crippen LogP contribution in [-0.2, 0) is 16.0 Å². The van der Waals surface area contributed by atoms with Crippen LogP contribution in [-0.4, -0.2) is 28.5 Å². The van der Waals surface area contributed by atoms with Gasteiger partial charge in [0.2, 0.25) is 5.91 Å². The van der Waals surface area contributed by atoms with E-state index in [0.717, 1.165) is 16.4 Å². The van der Waals surface area contributed by atoms with Crippen LogP contribution in [0, 0.1) is 0 Å². The topological polar surface area (TPSA) is 81.2 Å². The lowest BCUT2D eigenvalue weighted by Crippen LogP contribution is -2.16. The second kappa shape index (κ2) is 9.05. The number of carbonyl (C=O) groups excluding carboxylic acids is 2. The third kappa shape index (κ3) is 4.98. The Morgan fingerprint density at radius 2 is 1.96 bits per heavy atom. The Morgan fingerprint density at radius 1 is 1.15 bits per heavy atom. The SMILES string of the molecule is CCOC(=O)c1ccccc1NC(=O)CCc1csc(-c2ccccn2)n1. The van der Waals surface area contributed by atoms with Gasteiger partial charge in [-0.05, 0) is 37.6 Å². The van der Waals surface area contributed by atoms with Crippen LogP contribution in [0.5, 0.6) is 0 Å². The molecular formula is C20H19N3O3S. The average molecular weight is 381 g/mol. The first-order valence-electron chi connectivity index (χ1n) is 8.59. The fourth-order valence-corrected chi connectivity index (χ4v) is 3.29. The van der Waals surface area contributed by atoms with Crippen LogP contribution in [0.4, 0.5) is 5.69 Å². The second-order valence-corrected chi connectivity index (χ2v) is 6.53. The predicted molar refractivity (Wildman–Crippen MR) is 105 cm³/mol. The maximum absolute atomic E-state index is 12.3. The lowest BCUT2D eigenvalue weighted by molar-refractivity contribution is -0.116. The highest BCUT2D eigenvalue weighted by molar-refractivity contribution is 7.13. The summed E-state index contributed by atoms with van der Waals surface area (Å²) in [6.45, 7) is 2.02. The molecule has 7 heteroatoms. The van der Waals surface area contributed by atoms with Gasteiger partial charge in [-0.3, -0.25) is 9.78 Å². The highest BCUT2D eigenvalue weighted by Crippen LogP contribution is 2.22. The van der Waals surface area contributed by atoms with Crippen molar-refractivity contribution in [3.63, 3.8) is 0 Å². The van der Waals surface area contributed by atoms with Crippen molar-refractivity contribution in [1.29, 1.82) is 0 Å². The van der Waals surface area contributed by atoms with Crippen molar-refractivity contribution in [3.05, 3.63) is 65.3 Å². The fourth-order valence-electron chi connectivity index (χ4n) is 2.46. The number of thiazole rings is 1. The lowest BCUT2D eigenvalue weighted by atomic mass is 10.1. The summed E-state index contributed by atoms with van der Waals surface area (Å²) >= 11 is 1.50. The van der Waals surface area contributed by atoms with Crippen LogP contribution in [0.2, 0.25) is 0 Å². The maximum atomic E-state index is 12.3. The summed E-state index contributed by atoms with van der Waals surface area (Å²) < 4.78 is 5.02. The molecule has 3 aromatic rings. The number of pyridine rings is 1. The van der Waals surface area contributed by atoms with Gasteiger partial charge in [0.1, 0.15) is 5.01 Å². The van der Waals surface area contributed by atoms with Crippen LogP contribution < -0.4 is 5.32 Å². The van der Waals surface area contributed by atoms with E-state index in [-0.39, 0.29) is 18.9 Å². The Kier molecular flexibility index (Phi) is 6.27. The summed E-state index contributed by atoms with van der Waals surface area (Å²) in [5.74, 6) is -0.632. The van der Waals surface area contributed by atoms with Crippen molar-refractivity contribution >= 4 is 28.9 Å². The summed E-state index contributed by atoms with van der Waals surface area (Å²) in [5, 5.41) is 5.55. The molecule has 2 heterocycles. The second-order valence-electron chi connectivity index (χ2n) is 5.67. The van der Waals surface area contributed by atoms with Crippen molar-refractivity contribution in [2.45, 2.75) is 19.8 Å². The molecule has 1 aromatic carbocycles. The van der Waals surface area contributed by atoms with Crippen LogP contribution >= 0.6 is 11.3 Å². The molecule has 2 aromatic heterocycles. The third-order valence-electron chi connectivity index (χ3n) is 3.74. The zero-order valence-corrected chi connectivity index (χ0v) is 15.7. The summed E-state index contributed by atoms with van der Waals surface area (Å²) in [4.78, 5) is 33.1. The molecule has 0 saturated carbocycles. The van der Waals surface area contributed by atoms with Crippen LogP contribution in [0.25, 0.3) is 10.7 Å². The minimum Gasteiger partial charge on any atom is -0.462 e. The molecule has 0 aliphatic rings. The largest absolute Gasteiger partial charge is 0.462 e. The molecule has 0 radical (unpaired) electrons. The number of aromatic nitrogens is 2. The number of rotatable bonds is 7. The molecule has 0 spiro atoms. The first kappa shape index (κ1) is 18.7. The molecule has 0 saturated heterocycles. The zero-order valence-electron chi connectivity index (χ0n) is 14.8. The molecule has 1 amide bonds. The molecule has 3 rings (SSSR count). The molecule has 0 atom stereocenters. The Balaban J connectivity index is 1.60. The molecular weight excluding hydrogens is 362 g/mol. The van der Waals surface area contributed by atoms with Crippen molar-refractivity contribution in [1.82, 2.24) is 9.97 Å². The maximum Gasteiger partial charge on any atom is 0.340 e. The number of esters is 1. The monoisotopic (exact) mass is 381 g/mol. The van der Waals surface area contributed by atoms with E-state index in [1.54, 1.807) is 37.4 Å².